The third-order valence-electron chi connectivity index (χ3n) is 4.63. The van der Waals surface area contributed by atoms with E-state index in [1.807, 2.05) is 54.1 Å². The summed E-state index contributed by atoms with van der Waals surface area (Å²) in [5, 5.41) is 13.1. The van der Waals surface area contributed by atoms with Crippen LogP contribution in [0.2, 0.25) is 0 Å². The number of Topliss-reactive ketones (excluding diaryl/α,β-unsaturated/α-hetero) is 1. The summed E-state index contributed by atoms with van der Waals surface area (Å²) in [7, 11) is 0. The zero-order valence-electron chi connectivity index (χ0n) is 15.6. The summed E-state index contributed by atoms with van der Waals surface area (Å²) in [5.41, 5.74) is 3.47. The van der Waals surface area contributed by atoms with Crippen molar-refractivity contribution in [3.05, 3.63) is 87.6 Å². The summed E-state index contributed by atoms with van der Waals surface area (Å²) in [5.74, 6) is -0.862. The van der Waals surface area contributed by atoms with Gasteiger partial charge in [0.15, 0.2) is 5.78 Å². The Morgan fingerprint density at radius 2 is 1.93 bits per heavy atom. The number of aryl methyl sites for hydroxylation is 1. The molecule has 0 aliphatic rings. The molecule has 0 spiro atoms. The molecule has 2 aromatic carbocycles. The number of ether oxygens (including phenoxy) is 1. The van der Waals surface area contributed by atoms with E-state index in [0.29, 0.717) is 17.9 Å². The van der Waals surface area contributed by atoms with Gasteiger partial charge < -0.3 is 9.84 Å². The summed E-state index contributed by atoms with van der Waals surface area (Å²) < 4.78 is 5.81. The summed E-state index contributed by atoms with van der Waals surface area (Å²) in [6.07, 6.45) is 0.206. The second-order valence-electron chi connectivity index (χ2n) is 6.65. The molecule has 5 heteroatoms. The number of hydrogen-bond acceptors (Lipinski definition) is 4. The number of thiophene rings is 1. The van der Waals surface area contributed by atoms with Gasteiger partial charge in [-0.15, -0.1) is 0 Å². The first-order valence-electron chi connectivity index (χ1n) is 9.10. The molecule has 1 atom stereocenters. The summed E-state index contributed by atoms with van der Waals surface area (Å²) in [4.78, 5) is 24.3. The molecule has 0 radical (unpaired) electrons. The molecule has 3 rings (SSSR count). The average Bonchev–Trinajstić information content (AvgIpc) is 3.21. The lowest BCUT2D eigenvalue weighted by atomic mass is 9.85. The van der Waals surface area contributed by atoms with Crippen molar-refractivity contribution in [2.24, 2.45) is 0 Å². The van der Waals surface area contributed by atoms with Crippen LogP contribution in [0.4, 0.5) is 0 Å². The maximum Gasteiger partial charge on any atom is 0.303 e. The minimum atomic E-state index is -0.903. The van der Waals surface area contributed by atoms with E-state index in [0.717, 1.165) is 16.7 Å². The number of hydrogen-bond donors (Lipinski definition) is 1. The molecule has 0 unspecified atom stereocenters. The van der Waals surface area contributed by atoms with E-state index in [9.17, 15) is 9.59 Å². The fraction of sp³-hybridized carbons (Fsp3) is 0.217. The number of carbonyl (C=O) groups is 2. The van der Waals surface area contributed by atoms with E-state index in [-0.39, 0.29) is 18.6 Å². The fourth-order valence-corrected chi connectivity index (χ4v) is 3.81. The van der Waals surface area contributed by atoms with Crippen molar-refractivity contribution in [1.82, 2.24) is 0 Å². The first-order valence-corrected chi connectivity index (χ1v) is 10.0. The van der Waals surface area contributed by atoms with Gasteiger partial charge in [0.2, 0.25) is 0 Å². The lowest BCUT2D eigenvalue weighted by Gasteiger charge is -2.18. The molecular formula is C23H22O4S. The smallest absolute Gasteiger partial charge is 0.303 e. The number of carbonyl (C=O) groups excluding carboxylic acids is 1. The summed E-state index contributed by atoms with van der Waals surface area (Å²) >= 11 is 1.61. The molecule has 3 aromatic rings. The predicted molar refractivity (Wildman–Crippen MR) is 110 cm³/mol. The van der Waals surface area contributed by atoms with Crippen LogP contribution in [0.15, 0.2) is 65.4 Å². The van der Waals surface area contributed by atoms with Gasteiger partial charge in [-0.3, -0.25) is 9.59 Å². The van der Waals surface area contributed by atoms with Crippen molar-refractivity contribution >= 4 is 23.1 Å². The van der Waals surface area contributed by atoms with Gasteiger partial charge in [0.25, 0.3) is 0 Å². The van der Waals surface area contributed by atoms with Crippen molar-refractivity contribution in [3.63, 3.8) is 0 Å². The second kappa shape index (κ2) is 9.33. The molecule has 0 aliphatic heterocycles. The number of carboxylic acids is 1. The van der Waals surface area contributed by atoms with Gasteiger partial charge in [-0.05, 0) is 59.0 Å². The van der Waals surface area contributed by atoms with Crippen LogP contribution in [0.3, 0.4) is 0 Å². The maximum absolute atomic E-state index is 13.2. The minimum absolute atomic E-state index is 0.0565. The Kier molecular flexibility index (Phi) is 6.61. The zero-order valence-corrected chi connectivity index (χ0v) is 16.4. The molecule has 1 N–H and O–H groups in total. The average molecular weight is 394 g/mol. The SMILES string of the molecule is Cc1ccccc1[C@@H](CCC(=O)O)C(=O)c1cccc(OCc2ccsc2)c1. The van der Waals surface area contributed by atoms with E-state index in [1.165, 1.54) is 0 Å². The molecule has 28 heavy (non-hydrogen) atoms. The number of ketones is 1. The van der Waals surface area contributed by atoms with Crippen LogP contribution < -0.4 is 4.74 Å². The Balaban J connectivity index is 1.82. The molecule has 0 saturated carbocycles. The van der Waals surface area contributed by atoms with Gasteiger partial charge >= 0.3 is 5.97 Å². The third kappa shape index (κ3) is 5.08. The van der Waals surface area contributed by atoms with Crippen molar-refractivity contribution in [1.29, 1.82) is 0 Å². The van der Waals surface area contributed by atoms with Crippen molar-refractivity contribution < 1.29 is 19.4 Å². The highest BCUT2D eigenvalue weighted by molar-refractivity contribution is 7.07. The summed E-state index contributed by atoms with van der Waals surface area (Å²) in [6.45, 7) is 2.39. The zero-order chi connectivity index (χ0) is 19.9. The van der Waals surface area contributed by atoms with Crippen LogP contribution in [0.5, 0.6) is 5.75 Å². The Morgan fingerprint density at radius 1 is 1.11 bits per heavy atom. The molecule has 144 valence electrons. The lowest BCUT2D eigenvalue weighted by Crippen LogP contribution is -2.16. The minimum Gasteiger partial charge on any atom is -0.489 e. The fourth-order valence-electron chi connectivity index (χ4n) is 3.16. The van der Waals surface area contributed by atoms with Crippen LogP contribution in [0.25, 0.3) is 0 Å². The Hall–Kier alpha value is -2.92. The van der Waals surface area contributed by atoms with Crippen LogP contribution in [-0.2, 0) is 11.4 Å². The number of benzene rings is 2. The molecule has 0 amide bonds. The molecular weight excluding hydrogens is 372 g/mol. The molecule has 4 nitrogen and oxygen atoms in total. The van der Waals surface area contributed by atoms with Gasteiger partial charge in [0.1, 0.15) is 12.4 Å². The number of aliphatic carboxylic acids is 1. The van der Waals surface area contributed by atoms with E-state index in [4.69, 9.17) is 9.84 Å². The lowest BCUT2D eigenvalue weighted by molar-refractivity contribution is -0.137. The topological polar surface area (TPSA) is 63.6 Å². The van der Waals surface area contributed by atoms with E-state index < -0.39 is 11.9 Å². The van der Waals surface area contributed by atoms with Crippen LogP contribution in [0.1, 0.15) is 45.8 Å². The molecule has 1 aromatic heterocycles. The van der Waals surface area contributed by atoms with Gasteiger partial charge in [-0.1, -0.05) is 36.4 Å². The summed E-state index contributed by atoms with van der Waals surface area (Å²) in [6, 6.07) is 16.7. The van der Waals surface area contributed by atoms with Gasteiger partial charge in [-0.25, -0.2) is 0 Å². The number of rotatable bonds is 9. The standard InChI is InChI=1S/C23H22O4S/c1-16-5-2-3-8-20(16)21(9-10-22(24)25)23(26)18-6-4-7-19(13-18)27-14-17-11-12-28-15-17/h2-8,11-13,15,21H,9-10,14H2,1H3,(H,24,25)/t21-/m1/s1. The van der Waals surface area contributed by atoms with Gasteiger partial charge in [-0.2, -0.15) is 11.3 Å². The molecule has 1 heterocycles. The second-order valence-corrected chi connectivity index (χ2v) is 7.43. The highest BCUT2D eigenvalue weighted by atomic mass is 32.1. The van der Waals surface area contributed by atoms with Crippen molar-refractivity contribution in [2.45, 2.75) is 32.3 Å². The molecule has 0 saturated heterocycles. The first kappa shape index (κ1) is 19.8. The Labute approximate surface area is 168 Å². The molecule has 0 bridgehead atoms. The largest absolute Gasteiger partial charge is 0.489 e. The van der Waals surface area contributed by atoms with Crippen LogP contribution in [0, 0.1) is 6.92 Å². The highest BCUT2D eigenvalue weighted by Gasteiger charge is 2.24. The Morgan fingerprint density at radius 3 is 2.64 bits per heavy atom. The molecule has 0 aliphatic carbocycles. The third-order valence-corrected chi connectivity index (χ3v) is 5.36. The monoisotopic (exact) mass is 394 g/mol. The van der Waals surface area contributed by atoms with E-state index >= 15 is 0 Å². The van der Waals surface area contributed by atoms with Crippen molar-refractivity contribution in [2.75, 3.05) is 0 Å². The highest BCUT2D eigenvalue weighted by Crippen LogP contribution is 2.29. The van der Waals surface area contributed by atoms with E-state index in [2.05, 4.69) is 0 Å². The predicted octanol–water partition coefficient (Wildman–Crippen LogP) is 5.47. The maximum atomic E-state index is 13.2. The van der Waals surface area contributed by atoms with Gasteiger partial charge in [0.05, 0.1) is 0 Å². The molecule has 0 fully saturated rings. The van der Waals surface area contributed by atoms with E-state index in [1.54, 1.807) is 29.5 Å². The Bertz CT molecular complexity index is 947. The number of carboxylic acid groups (broad SMARTS) is 1. The normalized spacial score (nSPS) is 11.8. The quantitative estimate of drug-likeness (QED) is 0.489. The van der Waals surface area contributed by atoms with Crippen LogP contribution in [-0.4, -0.2) is 16.9 Å². The van der Waals surface area contributed by atoms with Crippen molar-refractivity contribution in [3.8, 4) is 5.75 Å². The van der Waals surface area contributed by atoms with Gasteiger partial charge in [0, 0.05) is 17.9 Å². The van der Waals surface area contributed by atoms with Crippen LogP contribution >= 0.6 is 11.3 Å². The first-order chi connectivity index (χ1) is 13.5.